The minimum Gasteiger partial charge on any atom is -0.489 e. The van der Waals surface area contributed by atoms with E-state index in [1.807, 2.05) is 54.6 Å². The van der Waals surface area contributed by atoms with E-state index in [4.69, 9.17) is 16.3 Å². The van der Waals surface area contributed by atoms with Gasteiger partial charge in [-0.1, -0.05) is 60.1 Å². The Morgan fingerprint density at radius 2 is 1.72 bits per heavy atom. The van der Waals surface area contributed by atoms with E-state index in [1.165, 1.54) is 12.1 Å². The molecular formula is C22H22ClN3O3. The van der Waals surface area contributed by atoms with E-state index in [2.05, 4.69) is 10.6 Å². The SMILES string of the molecule is O=[N+]([O-])c1ccc(NCCNCc2ccccc2OCc2ccccc2)c(Cl)c1. The Labute approximate surface area is 174 Å². The number of non-ortho nitro benzene ring substituents is 1. The van der Waals surface area contributed by atoms with E-state index in [0.29, 0.717) is 37.0 Å². The molecule has 0 atom stereocenters. The number of benzene rings is 3. The molecule has 7 heteroatoms. The van der Waals surface area contributed by atoms with Gasteiger partial charge in [0.05, 0.1) is 15.6 Å². The summed E-state index contributed by atoms with van der Waals surface area (Å²) in [6, 6.07) is 22.4. The van der Waals surface area contributed by atoms with E-state index in [0.717, 1.165) is 16.9 Å². The maximum Gasteiger partial charge on any atom is 0.271 e. The second-order valence-corrected chi connectivity index (χ2v) is 6.81. The van der Waals surface area contributed by atoms with E-state index >= 15 is 0 Å². The molecule has 0 heterocycles. The van der Waals surface area contributed by atoms with Crippen LogP contribution in [0.25, 0.3) is 0 Å². The van der Waals surface area contributed by atoms with Gasteiger partial charge in [-0.25, -0.2) is 0 Å². The average Bonchev–Trinajstić information content (AvgIpc) is 2.74. The Bertz CT molecular complexity index is 951. The van der Waals surface area contributed by atoms with E-state index in [-0.39, 0.29) is 5.69 Å². The van der Waals surface area contributed by atoms with Crippen molar-refractivity contribution in [3.05, 3.63) is 99.1 Å². The normalized spacial score (nSPS) is 10.5. The second-order valence-electron chi connectivity index (χ2n) is 6.41. The van der Waals surface area contributed by atoms with Crippen LogP contribution in [-0.2, 0) is 13.2 Å². The summed E-state index contributed by atoms with van der Waals surface area (Å²) in [5.41, 5.74) is 2.85. The lowest BCUT2D eigenvalue weighted by Gasteiger charge is -2.13. The van der Waals surface area contributed by atoms with Crippen LogP contribution in [0.3, 0.4) is 0 Å². The number of halogens is 1. The molecule has 0 fully saturated rings. The molecule has 29 heavy (non-hydrogen) atoms. The van der Waals surface area contributed by atoms with Gasteiger partial charge in [0.25, 0.3) is 5.69 Å². The lowest BCUT2D eigenvalue weighted by Crippen LogP contribution is -2.22. The summed E-state index contributed by atoms with van der Waals surface area (Å²) < 4.78 is 5.97. The molecule has 2 N–H and O–H groups in total. The molecule has 0 aromatic heterocycles. The van der Waals surface area contributed by atoms with Crippen LogP contribution in [0.15, 0.2) is 72.8 Å². The number of rotatable bonds is 10. The Balaban J connectivity index is 1.45. The highest BCUT2D eigenvalue weighted by atomic mass is 35.5. The van der Waals surface area contributed by atoms with Crippen LogP contribution >= 0.6 is 11.6 Å². The molecule has 0 radical (unpaired) electrons. The predicted molar refractivity (Wildman–Crippen MR) is 116 cm³/mol. The van der Waals surface area contributed by atoms with Gasteiger partial charge >= 0.3 is 0 Å². The highest BCUT2D eigenvalue weighted by Crippen LogP contribution is 2.26. The van der Waals surface area contributed by atoms with Crippen LogP contribution in [0.5, 0.6) is 5.75 Å². The van der Waals surface area contributed by atoms with E-state index < -0.39 is 4.92 Å². The zero-order valence-electron chi connectivity index (χ0n) is 15.8. The standard InChI is InChI=1S/C22H22ClN3O3/c23-20-14-19(26(27)28)10-11-21(20)25-13-12-24-15-18-8-4-5-9-22(18)29-16-17-6-2-1-3-7-17/h1-11,14,24-25H,12-13,15-16H2. The molecule has 0 aliphatic carbocycles. The van der Waals surface area contributed by atoms with Crippen molar-refractivity contribution >= 4 is 23.0 Å². The van der Waals surface area contributed by atoms with Crippen LogP contribution in [0, 0.1) is 10.1 Å². The average molecular weight is 412 g/mol. The number of anilines is 1. The smallest absolute Gasteiger partial charge is 0.271 e. The van der Waals surface area contributed by atoms with Gasteiger partial charge in [-0.2, -0.15) is 0 Å². The van der Waals surface area contributed by atoms with Gasteiger partial charge in [0.1, 0.15) is 12.4 Å². The Morgan fingerprint density at radius 3 is 2.48 bits per heavy atom. The molecule has 0 saturated carbocycles. The Kier molecular flexibility index (Phi) is 7.44. The van der Waals surface area contributed by atoms with Gasteiger partial charge in [0, 0.05) is 37.3 Å². The van der Waals surface area contributed by atoms with Crippen molar-refractivity contribution in [2.24, 2.45) is 0 Å². The summed E-state index contributed by atoms with van der Waals surface area (Å²) in [5, 5.41) is 17.6. The largest absolute Gasteiger partial charge is 0.489 e. The molecule has 0 bridgehead atoms. The van der Waals surface area contributed by atoms with Gasteiger partial charge < -0.3 is 15.4 Å². The Morgan fingerprint density at radius 1 is 0.966 bits per heavy atom. The number of hydrogen-bond acceptors (Lipinski definition) is 5. The topological polar surface area (TPSA) is 76.4 Å². The summed E-state index contributed by atoms with van der Waals surface area (Å²) in [5.74, 6) is 0.857. The molecule has 3 aromatic rings. The fraction of sp³-hybridized carbons (Fsp3) is 0.182. The zero-order chi connectivity index (χ0) is 20.5. The highest BCUT2D eigenvalue weighted by molar-refractivity contribution is 6.33. The first kappa shape index (κ1) is 20.6. The second kappa shape index (κ2) is 10.5. The molecule has 0 amide bonds. The van der Waals surface area contributed by atoms with Crippen molar-refractivity contribution in [1.82, 2.24) is 5.32 Å². The van der Waals surface area contributed by atoms with Crippen LogP contribution < -0.4 is 15.4 Å². The minimum absolute atomic E-state index is 0.0224. The van der Waals surface area contributed by atoms with Crippen molar-refractivity contribution in [2.75, 3.05) is 18.4 Å². The predicted octanol–water partition coefficient (Wildman–Crippen LogP) is 5.03. The summed E-state index contributed by atoms with van der Waals surface area (Å²) >= 11 is 6.08. The highest BCUT2D eigenvalue weighted by Gasteiger charge is 2.09. The number of nitro benzene ring substituents is 1. The monoisotopic (exact) mass is 411 g/mol. The maximum atomic E-state index is 10.8. The first-order chi connectivity index (χ1) is 14.1. The van der Waals surface area contributed by atoms with Gasteiger partial charge in [-0.3, -0.25) is 10.1 Å². The van der Waals surface area contributed by atoms with Gasteiger partial charge in [-0.05, 0) is 17.7 Å². The lowest BCUT2D eigenvalue weighted by molar-refractivity contribution is -0.384. The molecule has 0 aliphatic heterocycles. The number of para-hydroxylation sites is 1. The van der Waals surface area contributed by atoms with Gasteiger partial charge in [0.2, 0.25) is 0 Å². The minimum atomic E-state index is -0.464. The van der Waals surface area contributed by atoms with Gasteiger partial charge in [-0.15, -0.1) is 0 Å². The maximum absolute atomic E-state index is 10.8. The Hall–Kier alpha value is -3.09. The van der Waals surface area contributed by atoms with Crippen molar-refractivity contribution in [1.29, 1.82) is 0 Å². The van der Waals surface area contributed by atoms with Crippen LogP contribution in [0.4, 0.5) is 11.4 Å². The molecular weight excluding hydrogens is 390 g/mol. The number of ether oxygens (including phenoxy) is 1. The van der Waals surface area contributed by atoms with Crippen LogP contribution in [0.2, 0.25) is 5.02 Å². The number of nitrogens with one attached hydrogen (secondary N) is 2. The first-order valence-corrected chi connectivity index (χ1v) is 9.64. The molecule has 3 aromatic carbocycles. The molecule has 0 unspecified atom stereocenters. The van der Waals surface area contributed by atoms with E-state index in [1.54, 1.807) is 6.07 Å². The summed E-state index contributed by atoms with van der Waals surface area (Å²) in [6.07, 6.45) is 0. The molecule has 3 rings (SSSR count). The molecule has 0 aliphatic rings. The quantitative estimate of drug-likeness (QED) is 0.278. The molecule has 150 valence electrons. The van der Waals surface area contributed by atoms with E-state index in [9.17, 15) is 10.1 Å². The van der Waals surface area contributed by atoms with Crippen molar-refractivity contribution < 1.29 is 9.66 Å². The summed E-state index contributed by atoms with van der Waals surface area (Å²) in [6.45, 7) is 2.52. The third kappa shape index (κ3) is 6.20. The molecule has 6 nitrogen and oxygen atoms in total. The third-order valence-electron chi connectivity index (χ3n) is 4.31. The van der Waals surface area contributed by atoms with Crippen LogP contribution in [0.1, 0.15) is 11.1 Å². The van der Waals surface area contributed by atoms with Crippen molar-refractivity contribution in [2.45, 2.75) is 13.2 Å². The fourth-order valence-electron chi connectivity index (χ4n) is 2.80. The van der Waals surface area contributed by atoms with Gasteiger partial charge in [0.15, 0.2) is 0 Å². The lowest BCUT2D eigenvalue weighted by atomic mass is 10.2. The van der Waals surface area contributed by atoms with Crippen molar-refractivity contribution in [3.8, 4) is 5.75 Å². The van der Waals surface area contributed by atoms with Crippen LogP contribution in [-0.4, -0.2) is 18.0 Å². The third-order valence-corrected chi connectivity index (χ3v) is 4.62. The number of nitrogens with zero attached hydrogens (tertiary/aromatic N) is 1. The zero-order valence-corrected chi connectivity index (χ0v) is 16.6. The number of nitro groups is 1. The molecule has 0 saturated heterocycles. The fourth-order valence-corrected chi connectivity index (χ4v) is 3.04. The number of hydrogen-bond donors (Lipinski definition) is 2. The molecule has 0 spiro atoms. The summed E-state index contributed by atoms with van der Waals surface area (Å²) in [4.78, 5) is 10.3. The first-order valence-electron chi connectivity index (χ1n) is 9.26. The summed E-state index contributed by atoms with van der Waals surface area (Å²) in [7, 11) is 0. The van der Waals surface area contributed by atoms with Crippen molar-refractivity contribution in [3.63, 3.8) is 0 Å².